The molecular weight excluding hydrogens is 210 g/mol. The number of hydrogen-bond donors (Lipinski definition) is 0. The topological polar surface area (TPSA) is 29.0 Å². The first-order valence-electron chi connectivity index (χ1n) is 6.74. The van der Waals surface area contributed by atoms with Crippen LogP contribution < -0.4 is 4.90 Å². The van der Waals surface area contributed by atoms with Crippen LogP contribution in [0.2, 0.25) is 0 Å². The third-order valence-electron chi connectivity index (χ3n) is 3.17. The van der Waals surface area contributed by atoms with Crippen molar-refractivity contribution in [2.75, 3.05) is 18.0 Å². The van der Waals surface area contributed by atoms with Gasteiger partial charge in [0.15, 0.2) is 0 Å². The minimum atomic E-state index is 0.651. The highest BCUT2D eigenvalue weighted by atomic mass is 15.2. The number of aryl methyl sites for hydroxylation is 1. The Hall–Kier alpha value is -1.12. The second-order valence-corrected chi connectivity index (χ2v) is 5.41. The van der Waals surface area contributed by atoms with Crippen LogP contribution in [0, 0.1) is 12.8 Å². The summed E-state index contributed by atoms with van der Waals surface area (Å²) in [7, 11) is 0. The third-order valence-corrected chi connectivity index (χ3v) is 3.17. The molecule has 1 aliphatic heterocycles. The fraction of sp³-hybridized carbons (Fsp3) is 0.714. The first kappa shape index (κ1) is 12.3. The maximum atomic E-state index is 4.58. The summed E-state index contributed by atoms with van der Waals surface area (Å²) in [5, 5.41) is 0. The Labute approximate surface area is 104 Å². The lowest BCUT2D eigenvalue weighted by molar-refractivity contribution is 0.570. The van der Waals surface area contributed by atoms with Gasteiger partial charge in [-0.3, -0.25) is 0 Å². The minimum absolute atomic E-state index is 0.651. The quantitative estimate of drug-likeness (QED) is 0.803. The van der Waals surface area contributed by atoms with Crippen LogP contribution in [0.1, 0.15) is 44.6 Å². The summed E-state index contributed by atoms with van der Waals surface area (Å²) in [6.07, 6.45) is 4.99. The number of aromatic nitrogens is 2. The molecule has 0 spiro atoms. The van der Waals surface area contributed by atoms with Crippen LogP contribution in [0.25, 0.3) is 0 Å². The molecule has 1 fully saturated rings. The maximum absolute atomic E-state index is 4.58. The Balaban J connectivity index is 2.18. The van der Waals surface area contributed by atoms with Crippen molar-refractivity contribution in [1.29, 1.82) is 0 Å². The van der Waals surface area contributed by atoms with Crippen molar-refractivity contribution in [2.24, 2.45) is 5.92 Å². The SMILES string of the molecule is Cc1nc(CC(C)C)cc(N2CCCCC2)n1. The lowest BCUT2D eigenvalue weighted by atomic mass is 10.1. The van der Waals surface area contributed by atoms with E-state index in [1.54, 1.807) is 0 Å². The molecule has 3 nitrogen and oxygen atoms in total. The summed E-state index contributed by atoms with van der Waals surface area (Å²) in [6.45, 7) is 8.77. The van der Waals surface area contributed by atoms with Crippen molar-refractivity contribution in [2.45, 2.75) is 46.5 Å². The zero-order valence-corrected chi connectivity index (χ0v) is 11.2. The lowest BCUT2D eigenvalue weighted by Crippen LogP contribution is -2.30. The van der Waals surface area contributed by atoms with Gasteiger partial charge in [-0.1, -0.05) is 13.8 Å². The molecule has 2 heterocycles. The van der Waals surface area contributed by atoms with Crippen LogP contribution in [-0.2, 0) is 6.42 Å². The van der Waals surface area contributed by atoms with E-state index in [4.69, 9.17) is 0 Å². The van der Waals surface area contributed by atoms with Crippen LogP contribution in [-0.4, -0.2) is 23.1 Å². The van der Waals surface area contributed by atoms with Crippen LogP contribution >= 0.6 is 0 Å². The predicted octanol–water partition coefficient (Wildman–Crippen LogP) is 2.97. The van der Waals surface area contributed by atoms with E-state index < -0.39 is 0 Å². The fourth-order valence-electron chi connectivity index (χ4n) is 2.42. The van der Waals surface area contributed by atoms with E-state index in [2.05, 4.69) is 34.8 Å². The molecule has 1 aromatic heterocycles. The van der Waals surface area contributed by atoms with E-state index in [9.17, 15) is 0 Å². The molecular formula is C14H23N3. The number of nitrogens with zero attached hydrogens (tertiary/aromatic N) is 3. The van der Waals surface area contributed by atoms with Crippen molar-refractivity contribution in [3.63, 3.8) is 0 Å². The number of hydrogen-bond acceptors (Lipinski definition) is 3. The molecule has 0 aromatic carbocycles. The minimum Gasteiger partial charge on any atom is -0.357 e. The van der Waals surface area contributed by atoms with Gasteiger partial charge in [-0.25, -0.2) is 9.97 Å². The molecule has 1 saturated heterocycles. The van der Waals surface area contributed by atoms with Crippen molar-refractivity contribution >= 4 is 5.82 Å². The van der Waals surface area contributed by atoms with E-state index in [1.807, 2.05) is 6.92 Å². The van der Waals surface area contributed by atoms with Crippen molar-refractivity contribution in [1.82, 2.24) is 9.97 Å². The summed E-state index contributed by atoms with van der Waals surface area (Å²) in [5.74, 6) is 2.69. The molecule has 0 atom stereocenters. The van der Waals surface area contributed by atoms with Crippen molar-refractivity contribution in [3.05, 3.63) is 17.6 Å². The standard InChI is InChI=1S/C14H23N3/c1-11(2)9-13-10-14(16-12(3)15-13)17-7-5-4-6-8-17/h10-11H,4-9H2,1-3H3. The summed E-state index contributed by atoms with van der Waals surface area (Å²) in [6, 6.07) is 2.18. The molecule has 3 heteroatoms. The smallest absolute Gasteiger partial charge is 0.132 e. The van der Waals surface area contributed by atoms with Gasteiger partial charge < -0.3 is 4.90 Å². The highest BCUT2D eigenvalue weighted by Gasteiger charge is 2.13. The second kappa shape index (κ2) is 5.48. The van der Waals surface area contributed by atoms with Crippen LogP contribution in [0.3, 0.4) is 0 Å². The van der Waals surface area contributed by atoms with E-state index in [0.29, 0.717) is 5.92 Å². The molecule has 0 N–H and O–H groups in total. The van der Waals surface area contributed by atoms with Gasteiger partial charge >= 0.3 is 0 Å². The molecule has 0 unspecified atom stereocenters. The van der Waals surface area contributed by atoms with Gasteiger partial charge in [0, 0.05) is 24.8 Å². The molecule has 0 saturated carbocycles. The molecule has 17 heavy (non-hydrogen) atoms. The Morgan fingerprint density at radius 3 is 2.53 bits per heavy atom. The van der Waals surface area contributed by atoms with Gasteiger partial charge in [0.2, 0.25) is 0 Å². The molecule has 0 bridgehead atoms. The van der Waals surface area contributed by atoms with Gasteiger partial charge in [0.05, 0.1) is 0 Å². The Morgan fingerprint density at radius 2 is 1.88 bits per heavy atom. The van der Waals surface area contributed by atoms with Crippen molar-refractivity contribution in [3.8, 4) is 0 Å². The number of rotatable bonds is 3. The molecule has 1 aliphatic rings. The summed E-state index contributed by atoms with van der Waals surface area (Å²) >= 11 is 0. The van der Waals surface area contributed by atoms with Gasteiger partial charge in [-0.15, -0.1) is 0 Å². The van der Waals surface area contributed by atoms with E-state index in [1.165, 1.54) is 25.0 Å². The van der Waals surface area contributed by atoms with Crippen LogP contribution in [0.15, 0.2) is 6.07 Å². The average molecular weight is 233 g/mol. The number of piperidine rings is 1. The number of anilines is 1. The Bertz CT molecular complexity index is 368. The van der Waals surface area contributed by atoms with Crippen molar-refractivity contribution < 1.29 is 0 Å². The van der Waals surface area contributed by atoms with E-state index in [0.717, 1.165) is 31.2 Å². The zero-order chi connectivity index (χ0) is 12.3. The Kier molecular flexibility index (Phi) is 3.97. The molecule has 0 amide bonds. The van der Waals surface area contributed by atoms with Gasteiger partial charge in [-0.2, -0.15) is 0 Å². The molecule has 0 aliphatic carbocycles. The summed E-state index contributed by atoms with van der Waals surface area (Å²) in [4.78, 5) is 11.5. The molecule has 1 aromatic rings. The lowest BCUT2D eigenvalue weighted by Gasteiger charge is -2.28. The largest absolute Gasteiger partial charge is 0.357 e. The monoisotopic (exact) mass is 233 g/mol. The second-order valence-electron chi connectivity index (χ2n) is 5.41. The summed E-state index contributed by atoms with van der Waals surface area (Å²) < 4.78 is 0. The normalized spacial score (nSPS) is 16.6. The highest BCUT2D eigenvalue weighted by Crippen LogP contribution is 2.19. The van der Waals surface area contributed by atoms with Gasteiger partial charge in [0.1, 0.15) is 11.6 Å². The first-order chi connectivity index (χ1) is 8.15. The molecule has 94 valence electrons. The van der Waals surface area contributed by atoms with Crippen LogP contribution in [0.4, 0.5) is 5.82 Å². The Morgan fingerprint density at radius 1 is 1.18 bits per heavy atom. The maximum Gasteiger partial charge on any atom is 0.132 e. The molecule has 2 rings (SSSR count). The highest BCUT2D eigenvalue weighted by molar-refractivity contribution is 5.40. The zero-order valence-electron chi connectivity index (χ0n) is 11.2. The molecule has 0 radical (unpaired) electrons. The van der Waals surface area contributed by atoms with Gasteiger partial charge in [0.25, 0.3) is 0 Å². The summed E-state index contributed by atoms with van der Waals surface area (Å²) in [5.41, 5.74) is 1.19. The third kappa shape index (κ3) is 3.42. The van der Waals surface area contributed by atoms with Crippen LogP contribution in [0.5, 0.6) is 0 Å². The fourth-order valence-corrected chi connectivity index (χ4v) is 2.42. The van der Waals surface area contributed by atoms with E-state index >= 15 is 0 Å². The predicted molar refractivity (Wildman–Crippen MR) is 71.4 cm³/mol. The van der Waals surface area contributed by atoms with E-state index in [-0.39, 0.29) is 0 Å². The first-order valence-corrected chi connectivity index (χ1v) is 6.74. The average Bonchev–Trinajstić information content (AvgIpc) is 2.28. The van der Waals surface area contributed by atoms with Gasteiger partial charge in [-0.05, 0) is 38.5 Å².